The molecule has 4 aromatic carbocycles. The van der Waals surface area contributed by atoms with E-state index >= 15 is 0 Å². The normalized spacial score (nSPS) is 12.4. The third kappa shape index (κ3) is 37.2. The molecule has 0 unspecified atom stereocenters. The van der Waals surface area contributed by atoms with Crippen molar-refractivity contribution in [1.29, 1.82) is 0 Å². The van der Waals surface area contributed by atoms with Gasteiger partial charge in [-0.15, -0.1) is 19.0 Å². The van der Waals surface area contributed by atoms with Gasteiger partial charge in [0.1, 0.15) is 23.1 Å². The average Bonchev–Trinajstić information content (AvgIpc) is 1.66. The molecule has 23 heteroatoms. The number of benzene rings is 4. The number of rotatable bonds is 2. The summed E-state index contributed by atoms with van der Waals surface area (Å²) < 4.78 is 67.7. The van der Waals surface area contributed by atoms with Crippen LogP contribution in [0.3, 0.4) is 0 Å². The predicted molar refractivity (Wildman–Crippen MR) is 552 cm³/mol. The van der Waals surface area contributed by atoms with E-state index in [-0.39, 0.29) is 110 Å². The molecule has 132 heavy (non-hydrogen) atoms. The van der Waals surface area contributed by atoms with Crippen LogP contribution in [0.2, 0.25) is 0 Å². The van der Waals surface area contributed by atoms with Crippen LogP contribution < -0.4 is 14.2 Å². The molecular formula is C109H165F3N16O4. The molecule has 3 aliphatic heterocycles. The second-order valence-corrected chi connectivity index (χ2v) is 40.1. The number of aliphatic imine (C=N–C) groups is 1. The highest BCUT2D eigenvalue weighted by molar-refractivity contribution is 5.92. The van der Waals surface area contributed by atoms with Crippen LogP contribution in [-0.4, -0.2) is 91.1 Å². The first kappa shape index (κ1) is 120. The van der Waals surface area contributed by atoms with Crippen molar-refractivity contribution >= 4 is 50.6 Å². The van der Waals surface area contributed by atoms with Crippen LogP contribution in [0.1, 0.15) is 334 Å². The highest BCUT2D eigenvalue weighted by Gasteiger charge is 2.43. The number of alkyl halides is 2. The fourth-order valence-corrected chi connectivity index (χ4v) is 12.1. The van der Waals surface area contributed by atoms with Gasteiger partial charge in [-0.05, 0) is 154 Å². The van der Waals surface area contributed by atoms with Crippen molar-refractivity contribution in [2.75, 3.05) is 6.61 Å². The fourth-order valence-electron chi connectivity index (χ4n) is 12.1. The van der Waals surface area contributed by atoms with Gasteiger partial charge < -0.3 is 27.4 Å². The molecule has 3 aliphatic rings. The number of aromatic nitrogens is 15. The minimum absolute atomic E-state index is 0. The lowest BCUT2D eigenvalue weighted by atomic mass is 9.87. The number of hydrogen-bond acceptors (Lipinski definition) is 15. The monoisotopic (exact) mass is 1820 g/mol. The largest absolute Gasteiger partial charge is 0.586 e. The summed E-state index contributed by atoms with van der Waals surface area (Å²) in [5.74, 6) is 2.70. The zero-order valence-electron chi connectivity index (χ0n) is 79.0. The van der Waals surface area contributed by atoms with Gasteiger partial charge in [0.2, 0.25) is 0 Å². The van der Waals surface area contributed by atoms with Gasteiger partial charge in [-0.25, -0.2) is 33.4 Å². The number of aryl methyl sites for hydroxylation is 3. The fraction of sp³-hybridized carbons (Fsp3) is 0.477. The van der Waals surface area contributed by atoms with Crippen LogP contribution in [-0.2, 0) is 39.9 Å². The molecule has 18 rings (SSSR count). The minimum atomic E-state index is -3.52. The van der Waals surface area contributed by atoms with Crippen molar-refractivity contribution in [1.82, 2.24) is 72.5 Å². The second-order valence-electron chi connectivity index (χ2n) is 40.1. The number of para-hydroxylation sites is 3. The lowest BCUT2D eigenvalue weighted by Crippen LogP contribution is -2.25. The number of halogens is 3. The van der Waals surface area contributed by atoms with E-state index in [4.69, 9.17) is 9.15 Å². The summed E-state index contributed by atoms with van der Waals surface area (Å²) >= 11 is 0. The molecule has 0 atom stereocenters. The smallest absolute Gasteiger partial charge is 0.493 e. The zero-order chi connectivity index (χ0) is 91.7. The van der Waals surface area contributed by atoms with Crippen LogP contribution >= 0.6 is 0 Å². The predicted octanol–water partition coefficient (Wildman–Crippen LogP) is 31.1. The van der Waals surface area contributed by atoms with Gasteiger partial charge in [0.15, 0.2) is 51.4 Å². The Hall–Kier alpha value is -11.6. The SMILES string of the molecule is C.C.C.C.C.C.C.C.CC(C)(C)C.CC(C)(C)C.CC(C)(C)c1ccc2nncn2c1.CC(C)(C)c1ccn2nccc2n1.CC(C)(C)c1cn2ccnc2cn1.CC(C)(C)c1cnc2cnccn12.CC(C)c1ccc2c(c1)CCCO2.CC(C)c1ccc2c(c1)OC(F)(F)O2.CC1=Nc2ccccc2C1.Cc1nc2ccccc2o1.Cc1nn2ccc(C(C)(C)C)cc2c1F. The average molecular weight is 1820 g/mol. The molecule has 0 bridgehead atoms. The van der Waals surface area contributed by atoms with E-state index < -0.39 is 6.29 Å². The van der Waals surface area contributed by atoms with E-state index in [1.54, 1.807) is 65.4 Å². The van der Waals surface area contributed by atoms with Crippen molar-refractivity contribution in [3.05, 3.63) is 270 Å². The molecule has 0 aliphatic carbocycles. The molecule has 0 spiro atoms. The quantitative estimate of drug-likeness (QED) is 0.158. The number of hydrogen-bond donors (Lipinski definition) is 0. The molecule has 0 amide bonds. The van der Waals surface area contributed by atoms with E-state index in [1.807, 2.05) is 127 Å². The van der Waals surface area contributed by atoms with Gasteiger partial charge in [0, 0.05) is 109 Å². The molecule has 15 aromatic rings. The second kappa shape index (κ2) is 50.9. The molecule has 0 N–H and O–H groups in total. The number of oxazole rings is 1. The van der Waals surface area contributed by atoms with E-state index in [9.17, 15) is 13.2 Å². The van der Waals surface area contributed by atoms with Crippen molar-refractivity contribution in [3.8, 4) is 17.2 Å². The summed E-state index contributed by atoms with van der Waals surface area (Å²) in [6.45, 7) is 64.8. The first-order chi connectivity index (χ1) is 57.7. The van der Waals surface area contributed by atoms with E-state index in [0.29, 0.717) is 28.0 Å². The first-order valence-corrected chi connectivity index (χ1v) is 42.6. The Balaban J connectivity index is 0.00000144. The van der Waals surface area contributed by atoms with Gasteiger partial charge in [-0.2, -0.15) is 10.2 Å². The van der Waals surface area contributed by atoms with Crippen LogP contribution in [0.15, 0.2) is 211 Å². The third-order valence-electron chi connectivity index (χ3n) is 18.8. The molecule has 0 saturated heterocycles. The Morgan fingerprint density at radius 3 is 1.66 bits per heavy atom. The van der Waals surface area contributed by atoms with Crippen molar-refractivity contribution in [2.24, 2.45) is 15.8 Å². The highest BCUT2D eigenvalue weighted by atomic mass is 19.3. The lowest BCUT2D eigenvalue weighted by Gasteiger charge is -2.18. The maximum Gasteiger partial charge on any atom is 0.586 e. The van der Waals surface area contributed by atoms with Crippen LogP contribution in [0.5, 0.6) is 17.2 Å². The summed E-state index contributed by atoms with van der Waals surface area (Å²) in [6, 6.07) is 39.3. The van der Waals surface area contributed by atoms with Gasteiger partial charge >= 0.3 is 6.29 Å². The number of nitrogens with zero attached hydrogens (tertiary/aromatic N) is 16. The summed E-state index contributed by atoms with van der Waals surface area (Å²) in [5.41, 5.74) is 21.2. The summed E-state index contributed by atoms with van der Waals surface area (Å²) in [6.07, 6.45) is 24.2. The highest BCUT2D eigenvalue weighted by Crippen LogP contribution is 2.42. The topological polar surface area (TPSA) is 204 Å². The molecule has 726 valence electrons. The lowest BCUT2D eigenvalue weighted by molar-refractivity contribution is -0.286. The van der Waals surface area contributed by atoms with Gasteiger partial charge in [-0.1, -0.05) is 301 Å². The van der Waals surface area contributed by atoms with Crippen LogP contribution in [0.25, 0.3) is 39.2 Å². The van der Waals surface area contributed by atoms with Gasteiger partial charge in [0.25, 0.3) is 0 Å². The molecule has 14 heterocycles. The molecule has 0 fully saturated rings. The summed E-state index contributed by atoms with van der Waals surface area (Å²) in [4.78, 5) is 29.8. The first-order valence-electron chi connectivity index (χ1n) is 42.6. The number of ether oxygens (including phenoxy) is 3. The van der Waals surface area contributed by atoms with Crippen LogP contribution in [0.4, 0.5) is 18.9 Å². The maximum atomic E-state index is 13.6. The molecule has 0 radical (unpaired) electrons. The number of fused-ring (bicyclic) bond motifs is 9. The molecule has 0 saturated carbocycles. The zero-order valence-corrected chi connectivity index (χ0v) is 79.0. The standard InChI is InChI=1S/C12H15FN2.C12H16O.C10H10F2O2.4C10H13N3.C9H9N.C8H7NO.2C5H12.8CH4/c1-8-11(13)10-7-9(12(2,3)4)5-6-15(10)14-8;1-9(2)10-5-6-12-11(8-10)4-3-7-13-12;1-6(2)7-3-4-8-9(5-7)14-10(11,12)13-8;1-10(2,3)8-5-7-13-9(12-8)4-6-11-13;1-10(2,3)8-7-13-5-4-11-9(13)6-12-8;1-10(2,3)8-6-12-9-7-11-4-5-13(8)9;1-10(2,3)8-4-5-9-12-11-7-13(9)6-8;1-7-6-8-4-2-3-5-9(8)10-7;1-6-9-7-4-2-3-5-8(7)10-6;2*1-5(2,3)4;;;;;;;;/h5-7H,1-4H3;5-6,8-9H,3-4,7H2,1-2H3;3-6H,1-2H3;4*4-7H,1-3H3;2-5H,6H2,1H3;2-5H,1H3;2*1-4H3;8*1H4. The summed E-state index contributed by atoms with van der Waals surface area (Å²) in [7, 11) is 0. The Kier molecular flexibility index (Phi) is 46.4. The maximum absolute atomic E-state index is 13.6. The molecule has 11 aromatic heterocycles. The Morgan fingerprint density at radius 2 is 1.06 bits per heavy atom. The van der Waals surface area contributed by atoms with E-state index in [2.05, 4.69) is 298 Å². The van der Waals surface area contributed by atoms with Crippen molar-refractivity contribution < 1.29 is 31.8 Å². The Bertz CT molecular complexity index is 5700. The van der Waals surface area contributed by atoms with Crippen molar-refractivity contribution in [2.45, 2.75) is 332 Å². The van der Waals surface area contributed by atoms with Crippen LogP contribution in [0, 0.1) is 30.5 Å². The van der Waals surface area contributed by atoms with Gasteiger partial charge in [-0.3, -0.25) is 19.4 Å². The van der Waals surface area contributed by atoms with Gasteiger partial charge in [0.05, 0.1) is 42.3 Å². The molecule has 20 nitrogen and oxygen atoms in total. The summed E-state index contributed by atoms with van der Waals surface area (Å²) in [5, 5.41) is 16.0. The number of imidazole rings is 2. The number of pyridine rings is 2. The third-order valence-corrected chi connectivity index (χ3v) is 18.8. The minimum Gasteiger partial charge on any atom is -0.493 e. The molecular weight excluding hydrogens is 1650 g/mol. The Morgan fingerprint density at radius 1 is 0.470 bits per heavy atom. The van der Waals surface area contributed by atoms with E-state index in [1.165, 1.54) is 46.1 Å². The van der Waals surface area contributed by atoms with E-state index in [0.717, 1.165) is 93.0 Å². The van der Waals surface area contributed by atoms with Crippen molar-refractivity contribution in [3.63, 3.8) is 0 Å². The Labute approximate surface area is 791 Å².